The van der Waals surface area contributed by atoms with E-state index in [2.05, 4.69) is 33.4 Å². The highest BCUT2D eigenvalue weighted by Crippen LogP contribution is 2.63. The average Bonchev–Trinajstić information content (AvgIpc) is 3.35. The zero-order valence-electron chi connectivity index (χ0n) is 18.5. The smallest absolute Gasteiger partial charge is 0.192 e. The van der Waals surface area contributed by atoms with Crippen LogP contribution in [0.25, 0.3) is 0 Å². The summed E-state index contributed by atoms with van der Waals surface area (Å²) in [7, 11) is -1.70. The maximum Gasteiger partial charge on any atom is 0.192 e. The van der Waals surface area contributed by atoms with Crippen molar-refractivity contribution in [1.82, 2.24) is 0 Å². The van der Waals surface area contributed by atoms with Crippen LogP contribution in [0, 0.1) is 28.6 Å². The molecule has 0 aromatic heterocycles. The van der Waals surface area contributed by atoms with Gasteiger partial charge in [-0.25, -0.2) is 0 Å². The number of hydrogen-bond donors (Lipinski definition) is 1. The lowest BCUT2D eigenvalue weighted by molar-refractivity contribution is -0.211. The maximum atomic E-state index is 11.1. The molecular formula is C23H39NO4Si. The summed E-state index contributed by atoms with van der Waals surface area (Å²) in [6.07, 6.45) is 4.73. The lowest BCUT2D eigenvalue weighted by atomic mass is 9.60. The van der Waals surface area contributed by atoms with Crippen molar-refractivity contribution in [2.45, 2.75) is 89.3 Å². The van der Waals surface area contributed by atoms with Gasteiger partial charge in [-0.1, -0.05) is 33.8 Å². The second-order valence-electron chi connectivity index (χ2n) is 9.39. The molecule has 6 heteroatoms. The molecule has 1 aliphatic heterocycles. The van der Waals surface area contributed by atoms with E-state index in [1.807, 2.05) is 0 Å². The number of aliphatic hydroxyl groups excluding tert-OH is 1. The largest absolute Gasteiger partial charge is 0.413 e. The van der Waals surface area contributed by atoms with E-state index < -0.39 is 20.2 Å². The predicted octanol–water partition coefficient (Wildman–Crippen LogP) is 4.78. The fraction of sp³-hybridized carbons (Fsp3) is 0.870. The molecule has 0 radical (unpaired) electrons. The monoisotopic (exact) mass is 421 g/mol. The molecule has 4 unspecified atom stereocenters. The van der Waals surface area contributed by atoms with Crippen LogP contribution in [0.15, 0.2) is 12.2 Å². The second kappa shape index (κ2) is 9.19. The van der Waals surface area contributed by atoms with Gasteiger partial charge in [0.05, 0.1) is 37.9 Å². The molecular weight excluding hydrogens is 382 g/mol. The van der Waals surface area contributed by atoms with Crippen molar-refractivity contribution in [2.75, 3.05) is 19.8 Å². The first-order valence-electron chi connectivity index (χ1n) is 11.6. The fourth-order valence-electron chi connectivity index (χ4n) is 6.25. The lowest BCUT2D eigenvalue weighted by Crippen LogP contribution is -2.48. The second-order valence-corrected chi connectivity index (χ2v) is 14.2. The third-order valence-electron chi connectivity index (χ3n) is 8.21. The molecule has 3 fully saturated rings. The first-order valence-corrected chi connectivity index (χ1v) is 14.1. The minimum Gasteiger partial charge on any atom is -0.413 e. The van der Waals surface area contributed by atoms with E-state index in [1.165, 1.54) is 0 Å². The molecule has 0 aromatic carbocycles. The van der Waals surface area contributed by atoms with E-state index in [4.69, 9.17) is 13.9 Å². The number of nitrogens with zero attached hydrogens (tertiary/aromatic N) is 1. The molecule has 4 atom stereocenters. The molecule has 3 aliphatic rings. The molecule has 1 saturated heterocycles. The van der Waals surface area contributed by atoms with Crippen molar-refractivity contribution in [3.05, 3.63) is 12.2 Å². The first-order chi connectivity index (χ1) is 13.9. The van der Waals surface area contributed by atoms with Crippen molar-refractivity contribution < 1.29 is 19.0 Å². The Morgan fingerprint density at radius 1 is 1.21 bits per heavy atom. The van der Waals surface area contributed by atoms with Crippen molar-refractivity contribution in [1.29, 1.82) is 5.26 Å². The van der Waals surface area contributed by atoms with Gasteiger partial charge in [0, 0.05) is 12.3 Å². The summed E-state index contributed by atoms with van der Waals surface area (Å²) in [5.74, 6) is -0.649. The van der Waals surface area contributed by atoms with Gasteiger partial charge in [0.2, 0.25) is 0 Å². The summed E-state index contributed by atoms with van der Waals surface area (Å²) in [5, 5.41) is 20.9. The van der Waals surface area contributed by atoms with Crippen LogP contribution in [-0.2, 0) is 13.9 Å². The number of ether oxygens (including phenoxy) is 2. The zero-order chi connectivity index (χ0) is 21.1. The van der Waals surface area contributed by atoms with Crippen molar-refractivity contribution >= 4 is 8.32 Å². The van der Waals surface area contributed by atoms with Gasteiger partial charge < -0.3 is 19.0 Å². The molecule has 2 aliphatic carbocycles. The lowest BCUT2D eigenvalue weighted by Gasteiger charge is -2.47. The van der Waals surface area contributed by atoms with E-state index in [9.17, 15) is 10.4 Å². The zero-order valence-corrected chi connectivity index (χ0v) is 19.5. The number of aliphatic hydroxyl groups is 1. The molecule has 5 nitrogen and oxygen atoms in total. The van der Waals surface area contributed by atoms with Crippen molar-refractivity contribution in [3.63, 3.8) is 0 Å². The molecule has 1 spiro atoms. The third kappa shape index (κ3) is 4.22. The van der Waals surface area contributed by atoms with Crippen LogP contribution in [0.5, 0.6) is 0 Å². The van der Waals surface area contributed by atoms with Crippen molar-refractivity contribution in [3.8, 4) is 6.07 Å². The number of rotatable bonds is 9. The van der Waals surface area contributed by atoms with Gasteiger partial charge in [-0.3, -0.25) is 0 Å². The summed E-state index contributed by atoms with van der Waals surface area (Å²) in [4.78, 5) is 0. The molecule has 164 valence electrons. The van der Waals surface area contributed by atoms with Crippen LogP contribution in [0.2, 0.25) is 18.1 Å². The van der Waals surface area contributed by atoms with E-state index in [1.54, 1.807) is 0 Å². The van der Waals surface area contributed by atoms with Gasteiger partial charge in [-0.15, -0.1) is 0 Å². The minimum absolute atomic E-state index is 0.0370. The highest BCUT2D eigenvalue weighted by molar-refractivity contribution is 6.73. The Labute approximate surface area is 177 Å². The number of hydrogen-bond acceptors (Lipinski definition) is 5. The molecule has 29 heavy (non-hydrogen) atoms. The van der Waals surface area contributed by atoms with Gasteiger partial charge in [0.15, 0.2) is 14.1 Å². The molecule has 3 rings (SSSR count). The Morgan fingerprint density at radius 3 is 2.45 bits per heavy atom. The third-order valence-corrected chi connectivity index (χ3v) is 12.8. The van der Waals surface area contributed by atoms with Crippen LogP contribution in [-0.4, -0.2) is 45.1 Å². The normalized spacial score (nSPS) is 32.1. The summed E-state index contributed by atoms with van der Waals surface area (Å²) >= 11 is 0. The predicted molar refractivity (Wildman–Crippen MR) is 116 cm³/mol. The molecule has 0 bridgehead atoms. The molecule has 1 heterocycles. The molecule has 0 amide bonds. The van der Waals surface area contributed by atoms with Crippen LogP contribution in [0.3, 0.4) is 0 Å². The molecule has 0 aromatic rings. The average molecular weight is 422 g/mol. The summed E-state index contributed by atoms with van der Waals surface area (Å²) in [6.45, 7) is 12.5. The van der Waals surface area contributed by atoms with Gasteiger partial charge in [-0.05, 0) is 54.8 Å². The van der Waals surface area contributed by atoms with Gasteiger partial charge in [0.1, 0.15) is 0 Å². The fourth-order valence-corrected chi connectivity index (χ4v) is 8.85. The van der Waals surface area contributed by atoms with Gasteiger partial charge >= 0.3 is 0 Å². The van der Waals surface area contributed by atoms with Crippen LogP contribution >= 0.6 is 0 Å². The highest BCUT2D eigenvalue weighted by Gasteiger charge is 2.64. The van der Waals surface area contributed by atoms with E-state index in [-0.39, 0.29) is 17.3 Å². The van der Waals surface area contributed by atoms with Crippen LogP contribution in [0.1, 0.15) is 59.3 Å². The van der Waals surface area contributed by atoms with Crippen LogP contribution in [0.4, 0.5) is 0 Å². The summed E-state index contributed by atoms with van der Waals surface area (Å²) in [6, 6.07) is 5.82. The maximum absolute atomic E-state index is 11.1. The SMILES string of the molecule is C=C(CO[Si](CC)(CC)CC)C(O)CC12CCCC(C#N)C1C1(CC2)OCCO1. The Kier molecular flexibility index (Phi) is 7.28. The Morgan fingerprint density at radius 2 is 1.86 bits per heavy atom. The van der Waals surface area contributed by atoms with E-state index in [0.29, 0.717) is 26.2 Å². The summed E-state index contributed by atoms with van der Waals surface area (Å²) in [5.41, 5.74) is 0.666. The number of nitriles is 1. The topological polar surface area (TPSA) is 71.7 Å². The Balaban J connectivity index is 1.72. The van der Waals surface area contributed by atoms with Crippen molar-refractivity contribution in [2.24, 2.45) is 17.3 Å². The quantitative estimate of drug-likeness (QED) is 0.428. The number of fused-ring (bicyclic) bond motifs is 2. The molecule has 2 saturated carbocycles. The highest BCUT2D eigenvalue weighted by atomic mass is 28.4. The van der Waals surface area contributed by atoms with Crippen LogP contribution < -0.4 is 0 Å². The Hall–Kier alpha value is -0.713. The van der Waals surface area contributed by atoms with E-state index >= 15 is 0 Å². The standard InChI is InChI=1S/C23H39NO4Si/c1-5-29(6-2,7-3)28-17-18(4)20(25)15-22-10-8-9-19(16-24)21(22)23(12-11-22)26-13-14-27-23/h19-21,25H,4-15,17H2,1-3H3. The van der Waals surface area contributed by atoms with Gasteiger partial charge in [-0.2, -0.15) is 5.26 Å². The summed E-state index contributed by atoms with van der Waals surface area (Å²) < 4.78 is 18.6. The molecule has 1 N–H and O–H groups in total. The minimum atomic E-state index is -1.70. The first kappa shape index (κ1) is 23.0. The van der Waals surface area contributed by atoms with Gasteiger partial charge in [0.25, 0.3) is 0 Å². The van der Waals surface area contributed by atoms with E-state index in [0.717, 1.165) is 55.8 Å². The Bertz CT molecular complexity index is 615.